The van der Waals surface area contributed by atoms with Gasteiger partial charge in [0.1, 0.15) is 0 Å². The third kappa shape index (κ3) is 5.30. The van der Waals surface area contributed by atoms with Crippen LogP contribution in [0.1, 0.15) is 12.8 Å². The van der Waals surface area contributed by atoms with Crippen molar-refractivity contribution < 1.29 is 19.4 Å². The maximum Gasteiger partial charge on any atom is 0.306 e. The molecule has 1 aliphatic rings. The lowest BCUT2D eigenvalue weighted by molar-refractivity contribution is -0.147. The van der Waals surface area contributed by atoms with Gasteiger partial charge in [0.15, 0.2) is 0 Å². The molecule has 0 radical (unpaired) electrons. The number of benzene rings is 1. The van der Waals surface area contributed by atoms with Crippen LogP contribution in [0.15, 0.2) is 33.6 Å². The summed E-state index contributed by atoms with van der Waals surface area (Å²) in [6.45, 7) is 1.31. The number of carboxylic acid groups (broad SMARTS) is 1. The number of hydrogen-bond donors (Lipinski definition) is 1. The third-order valence-corrected chi connectivity index (χ3v) is 5.33. The summed E-state index contributed by atoms with van der Waals surface area (Å²) in [4.78, 5) is 25.7. The number of ether oxygens (including phenoxy) is 1. The van der Waals surface area contributed by atoms with Gasteiger partial charge in [-0.3, -0.25) is 9.59 Å². The maximum atomic E-state index is 12.2. The molecule has 1 saturated heterocycles. The minimum atomic E-state index is -0.899. The van der Waals surface area contributed by atoms with Crippen molar-refractivity contribution in [1.82, 2.24) is 4.90 Å². The first kappa shape index (κ1) is 17.3. The molecule has 0 bridgehead atoms. The van der Waals surface area contributed by atoms with E-state index in [1.165, 1.54) is 0 Å². The number of thioether (sulfide) groups is 1. The molecule has 1 atom stereocenters. The van der Waals surface area contributed by atoms with Gasteiger partial charge in [0.25, 0.3) is 0 Å². The van der Waals surface area contributed by atoms with Crippen molar-refractivity contribution in [2.45, 2.75) is 23.8 Å². The van der Waals surface area contributed by atoms with Gasteiger partial charge >= 0.3 is 5.97 Å². The van der Waals surface area contributed by atoms with Crippen molar-refractivity contribution in [1.29, 1.82) is 0 Å². The van der Waals surface area contributed by atoms with E-state index in [0.29, 0.717) is 31.9 Å². The number of amides is 1. The second-order valence-corrected chi connectivity index (χ2v) is 6.95. The van der Waals surface area contributed by atoms with Crippen molar-refractivity contribution in [2.24, 2.45) is 0 Å². The van der Waals surface area contributed by atoms with Crippen molar-refractivity contribution in [3.63, 3.8) is 0 Å². The second-order valence-electron chi connectivity index (χ2n) is 4.96. The summed E-state index contributed by atoms with van der Waals surface area (Å²) in [5.41, 5.74) is 0. The average molecular weight is 388 g/mol. The Morgan fingerprint density at radius 1 is 1.41 bits per heavy atom. The molecule has 1 unspecified atom stereocenters. The predicted octanol–water partition coefficient (Wildman–Crippen LogP) is 2.63. The molecule has 1 amide bonds. The number of carbonyl (C=O) groups excluding carboxylic acids is 1. The fraction of sp³-hybridized carbons (Fsp3) is 0.467. The van der Waals surface area contributed by atoms with Gasteiger partial charge in [0.2, 0.25) is 5.91 Å². The molecular weight excluding hydrogens is 370 g/mol. The number of halogens is 1. The fourth-order valence-electron chi connectivity index (χ4n) is 2.23. The molecule has 1 heterocycles. The Morgan fingerprint density at radius 3 is 2.91 bits per heavy atom. The highest BCUT2D eigenvalue weighted by Gasteiger charge is 2.25. The van der Waals surface area contributed by atoms with Crippen LogP contribution in [0.25, 0.3) is 0 Å². The lowest BCUT2D eigenvalue weighted by Gasteiger charge is -2.32. The van der Waals surface area contributed by atoms with Gasteiger partial charge in [0.05, 0.1) is 19.1 Å². The molecule has 0 spiro atoms. The smallest absolute Gasteiger partial charge is 0.306 e. The summed E-state index contributed by atoms with van der Waals surface area (Å²) in [6, 6.07) is 7.91. The van der Waals surface area contributed by atoms with Gasteiger partial charge < -0.3 is 14.7 Å². The maximum absolute atomic E-state index is 12.2. The van der Waals surface area contributed by atoms with Crippen LogP contribution in [-0.2, 0) is 14.3 Å². The highest BCUT2D eigenvalue weighted by Crippen LogP contribution is 2.27. The number of carboxylic acids is 1. The Kier molecular flexibility index (Phi) is 6.72. The van der Waals surface area contributed by atoms with Crippen molar-refractivity contribution in [2.75, 3.05) is 25.4 Å². The lowest BCUT2D eigenvalue weighted by Crippen LogP contribution is -2.46. The number of aliphatic carboxylic acids is 1. The molecule has 0 saturated carbocycles. The molecule has 1 aromatic rings. The number of morpholine rings is 1. The topological polar surface area (TPSA) is 66.8 Å². The highest BCUT2D eigenvalue weighted by molar-refractivity contribution is 9.10. The standard InChI is InChI=1S/C15H18BrNO4S/c16-12-3-1-2-4-13(12)22-8-5-14(18)17-6-7-21-11(10-17)9-15(19)20/h1-4,11H,5-10H2,(H,19,20). The summed E-state index contributed by atoms with van der Waals surface area (Å²) in [7, 11) is 0. The van der Waals surface area contributed by atoms with Gasteiger partial charge in [-0.15, -0.1) is 11.8 Å². The molecule has 120 valence electrons. The van der Waals surface area contributed by atoms with Gasteiger partial charge in [0, 0.05) is 34.6 Å². The van der Waals surface area contributed by atoms with E-state index in [-0.39, 0.29) is 12.3 Å². The number of carbonyl (C=O) groups is 2. The Bertz CT molecular complexity index is 540. The van der Waals surface area contributed by atoms with Crippen LogP contribution in [0.2, 0.25) is 0 Å². The molecule has 0 aliphatic carbocycles. The van der Waals surface area contributed by atoms with Gasteiger partial charge in [-0.1, -0.05) is 12.1 Å². The Balaban J connectivity index is 1.77. The molecule has 1 N–H and O–H groups in total. The van der Waals surface area contributed by atoms with Crippen molar-refractivity contribution >= 4 is 39.6 Å². The lowest BCUT2D eigenvalue weighted by atomic mass is 10.2. The van der Waals surface area contributed by atoms with E-state index in [0.717, 1.165) is 9.37 Å². The Labute approximate surface area is 142 Å². The van der Waals surface area contributed by atoms with E-state index in [2.05, 4.69) is 15.9 Å². The molecule has 2 rings (SSSR count). The zero-order valence-corrected chi connectivity index (χ0v) is 14.4. The fourth-order valence-corrected chi connectivity index (χ4v) is 3.74. The zero-order chi connectivity index (χ0) is 15.9. The van der Waals surface area contributed by atoms with Crippen molar-refractivity contribution in [3.05, 3.63) is 28.7 Å². The minimum absolute atomic E-state index is 0.0539. The van der Waals surface area contributed by atoms with Gasteiger partial charge in [-0.2, -0.15) is 0 Å². The molecule has 7 heteroatoms. The summed E-state index contributed by atoms with van der Waals surface area (Å²) in [5, 5.41) is 8.79. The predicted molar refractivity (Wildman–Crippen MR) is 88.1 cm³/mol. The quantitative estimate of drug-likeness (QED) is 0.759. The van der Waals surface area contributed by atoms with Crippen LogP contribution in [0.5, 0.6) is 0 Å². The summed E-state index contributed by atoms with van der Waals surface area (Å²) in [5.74, 6) is -0.149. The number of nitrogens with zero attached hydrogens (tertiary/aromatic N) is 1. The van der Waals surface area contributed by atoms with Crippen LogP contribution in [0.4, 0.5) is 0 Å². The van der Waals surface area contributed by atoms with Crippen LogP contribution >= 0.6 is 27.7 Å². The number of hydrogen-bond acceptors (Lipinski definition) is 4. The zero-order valence-electron chi connectivity index (χ0n) is 12.0. The van der Waals surface area contributed by atoms with Crippen LogP contribution in [0, 0.1) is 0 Å². The van der Waals surface area contributed by atoms with Gasteiger partial charge in [-0.25, -0.2) is 0 Å². The van der Waals surface area contributed by atoms with E-state index in [1.807, 2.05) is 24.3 Å². The highest BCUT2D eigenvalue weighted by atomic mass is 79.9. The van der Waals surface area contributed by atoms with Gasteiger partial charge in [-0.05, 0) is 28.1 Å². The first-order valence-corrected chi connectivity index (χ1v) is 8.82. The summed E-state index contributed by atoms with van der Waals surface area (Å²) in [6.07, 6.45) is -0.0208. The monoisotopic (exact) mass is 387 g/mol. The number of rotatable bonds is 6. The van der Waals surface area contributed by atoms with Crippen LogP contribution in [-0.4, -0.2) is 53.4 Å². The largest absolute Gasteiger partial charge is 0.481 e. The normalized spacial score (nSPS) is 18.2. The Hall–Kier alpha value is -1.05. The average Bonchev–Trinajstić information content (AvgIpc) is 2.48. The molecule has 1 aliphatic heterocycles. The molecule has 0 aromatic heterocycles. The van der Waals surface area contributed by atoms with Crippen LogP contribution < -0.4 is 0 Å². The second kappa shape index (κ2) is 8.55. The molecule has 1 fully saturated rings. The first-order valence-electron chi connectivity index (χ1n) is 7.05. The third-order valence-electron chi connectivity index (χ3n) is 3.30. The van der Waals surface area contributed by atoms with E-state index >= 15 is 0 Å². The summed E-state index contributed by atoms with van der Waals surface area (Å²) >= 11 is 5.11. The first-order chi connectivity index (χ1) is 10.6. The van der Waals surface area contributed by atoms with Crippen LogP contribution in [0.3, 0.4) is 0 Å². The SMILES string of the molecule is O=C(O)CC1CN(C(=O)CCSc2ccccc2Br)CCO1. The van der Waals surface area contributed by atoms with E-state index in [1.54, 1.807) is 16.7 Å². The minimum Gasteiger partial charge on any atom is -0.481 e. The van der Waals surface area contributed by atoms with Crippen molar-refractivity contribution in [3.8, 4) is 0 Å². The van der Waals surface area contributed by atoms with E-state index in [4.69, 9.17) is 9.84 Å². The molecule has 5 nitrogen and oxygen atoms in total. The molecular formula is C15H18BrNO4S. The molecule has 1 aromatic carbocycles. The summed E-state index contributed by atoms with van der Waals surface area (Å²) < 4.78 is 6.40. The molecule has 22 heavy (non-hydrogen) atoms. The Morgan fingerprint density at radius 2 is 2.18 bits per heavy atom. The van der Waals surface area contributed by atoms with E-state index in [9.17, 15) is 9.59 Å². The van der Waals surface area contributed by atoms with E-state index < -0.39 is 12.1 Å².